The molecule has 2 aliphatic rings. The van der Waals surface area contributed by atoms with Gasteiger partial charge in [0.25, 0.3) is 0 Å². The van der Waals surface area contributed by atoms with Crippen LogP contribution in [-0.4, -0.2) is 23.6 Å². The molecule has 0 bridgehead atoms. The third kappa shape index (κ3) is 1.73. The molecule has 1 saturated heterocycles. The van der Waals surface area contributed by atoms with Gasteiger partial charge in [-0.15, -0.1) is 0 Å². The average Bonchev–Trinajstić information content (AvgIpc) is 1.73. The van der Waals surface area contributed by atoms with Crippen molar-refractivity contribution in [2.45, 2.75) is 38.8 Å². The first kappa shape index (κ1) is 7.93. The second kappa shape index (κ2) is 2.67. The van der Waals surface area contributed by atoms with E-state index in [1.807, 2.05) is 0 Å². The molecule has 0 amide bonds. The monoisotopic (exact) mass is 171 g/mol. The third-order valence-corrected chi connectivity index (χ3v) is 3.98. The van der Waals surface area contributed by atoms with Gasteiger partial charge in [0.1, 0.15) is 0 Å². The zero-order valence-corrected chi connectivity index (χ0v) is 8.21. The standard InChI is InChI=1S/C9H17NS/c1-9(2)3-7(4-9)10-8-5-11-6-8/h7-8,10H,3-6H2,1-2H3. The van der Waals surface area contributed by atoms with Gasteiger partial charge in [0.05, 0.1) is 0 Å². The summed E-state index contributed by atoms with van der Waals surface area (Å²) in [6, 6.07) is 1.69. The Bertz CT molecular complexity index is 144. The van der Waals surface area contributed by atoms with Crippen LogP contribution in [-0.2, 0) is 0 Å². The normalized spacial score (nSPS) is 31.1. The molecule has 0 unspecified atom stereocenters. The molecule has 0 aromatic rings. The van der Waals surface area contributed by atoms with Crippen LogP contribution >= 0.6 is 11.8 Å². The Morgan fingerprint density at radius 3 is 2.18 bits per heavy atom. The predicted octanol–water partition coefficient (Wildman–Crippen LogP) is 1.88. The van der Waals surface area contributed by atoms with Crippen molar-refractivity contribution < 1.29 is 0 Å². The fourth-order valence-electron chi connectivity index (χ4n) is 2.06. The van der Waals surface area contributed by atoms with Gasteiger partial charge in [0, 0.05) is 23.6 Å². The van der Waals surface area contributed by atoms with Crippen molar-refractivity contribution >= 4 is 11.8 Å². The first-order valence-corrected chi connectivity index (χ1v) is 5.65. The zero-order chi connectivity index (χ0) is 7.90. The van der Waals surface area contributed by atoms with Gasteiger partial charge in [-0.25, -0.2) is 0 Å². The lowest BCUT2D eigenvalue weighted by Gasteiger charge is -2.46. The van der Waals surface area contributed by atoms with E-state index in [1.54, 1.807) is 0 Å². The van der Waals surface area contributed by atoms with Crippen LogP contribution in [0.3, 0.4) is 0 Å². The summed E-state index contributed by atoms with van der Waals surface area (Å²) >= 11 is 2.06. The van der Waals surface area contributed by atoms with Crippen LogP contribution < -0.4 is 5.32 Å². The highest BCUT2D eigenvalue weighted by Crippen LogP contribution is 2.40. The smallest absolute Gasteiger partial charge is 0.0251 e. The maximum atomic E-state index is 3.69. The minimum Gasteiger partial charge on any atom is -0.310 e. The van der Waals surface area contributed by atoms with Gasteiger partial charge in [0.2, 0.25) is 0 Å². The van der Waals surface area contributed by atoms with Gasteiger partial charge in [-0.2, -0.15) is 11.8 Å². The van der Waals surface area contributed by atoms with Crippen molar-refractivity contribution in [1.29, 1.82) is 0 Å². The summed E-state index contributed by atoms with van der Waals surface area (Å²) < 4.78 is 0. The predicted molar refractivity (Wildman–Crippen MR) is 51.1 cm³/mol. The lowest BCUT2D eigenvalue weighted by Crippen LogP contribution is -2.53. The summed E-state index contributed by atoms with van der Waals surface area (Å²) in [5.41, 5.74) is 0.633. The van der Waals surface area contributed by atoms with Gasteiger partial charge in [0.15, 0.2) is 0 Å². The Morgan fingerprint density at radius 2 is 1.82 bits per heavy atom. The second-order valence-electron chi connectivity index (χ2n) is 4.67. The van der Waals surface area contributed by atoms with E-state index in [1.165, 1.54) is 24.3 Å². The van der Waals surface area contributed by atoms with E-state index < -0.39 is 0 Å². The molecule has 11 heavy (non-hydrogen) atoms. The molecule has 1 saturated carbocycles. The fraction of sp³-hybridized carbons (Fsp3) is 1.00. The van der Waals surface area contributed by atoms with Crippen LogP contribution in [0.4, 0.5) is 0 Å². The summed E-state index contributed by atoms with van der Waals surface area (Å²) in [4.78, 5) is 0. The molecule has 2 fully saturated rings. The van der Waals surface area contributed by atoms with Crippen LogP contribution in [0.15, 0.2) is 0 Å². The molecule has 1 N–H and O–H groups in total. The van der Waals surface area contributed by atoms with Crippen LogP contribution in [0.1, 0.15) is 26.7 Å². The zero-order valence-electron chi connectivity index (χ0n) is 7.39. The first-order chi connectivity index (χ1) is 5.16. The van der Waals surface area contributed by atoms with Crippen LogP contribution in [0, 0.1) is 5.41 Å². The van der Waals surface area contributed by atoms with E-state index >= 15 is 0 Å². The van der Waals surface area contributed by atoms with E-state index in [0.717, 1.165) is 12.1 Å². The van der Waals surface area contributed by atoms with E-state index in [9.17, 15) is 0 Å². The van der Waals surface area contributed by atoms with E-state index in [2.05, 4.69) is 30.9 Å². The van der Waals surface area contributed by atoms with Crippen molar-refractivity contribution in [2.24, 2.45) is 5.41 Å². The van der Waals surface area contributed by atoms with Crippen molar-refractivity contribution in [1.82, 2.24) is 5.32 Å². The molecule has 1 aliphatic carbocycles. The number of rotatable bonds is 2. The Kier molecular flexibility index (Phi) is 1.92. The summed E-state index contributed by atoms with van der Waals surface area (Å²) in [6.07, 6.45) is 2.77. The molecule has 1 nitrogen and oxygen atoms in total. The van der Waals surface area contributed by atoms with E-state index in [4.69, 9.17) is 0 Å². The Balaban J connectivity index is 1.67. The van der Waals surface area contributed by atoms with Gasteiger partial charge in [-0.05, 0) is 18.3 Å². The molecular weight excluding hydrogens is 154 g/mol. The van der Waals surface area contributed by atoms with Gasteiger partial charge in [-0.1, -0.05) is 13.8 Å². The molecular formula is C9H17NS. The lowest BCUT2D eigenvalue weighted by molar-refractivity contribution is 0.120. The topological polar surface area (TPSA) is 12.0 Å². The highest BCUT2D eigenvalue weighted by atomic mass is 32.2. The maximum Gasteiger partial charge on any atom is 0.0251 e. The molecule has 1 aliphatic heterocycles. The van der Waals surface area contributed by atoms with Crippen LogP contribution in [0.2, 0.25) is 0 Å². The number of nitrogens with one attached hydrogen (secondary N) is 1. The molecule has 0 radical (unpaired) electrons. The number of thioether (sulfide) groups is 1. The van der Waals surface area contributed by atoms with E-state index in [0.29, 0.717) is 5.41 Å². The summed E-state index contributed by atoms with van der Waals surface area (Å²) in [5.74, 6) is 2.69. The molecule has 2 heteroatoms. The van der Waals surface area contributed by atoms with Crippen molar-refractivity contribution in [3.05, 3.63) is 0 Å². The molecule has 2 rings (SSSR count). The minimum absolute atomic E-state index is 0.633. The third-order valence-electron chi connectivity index (χ3n) is 2.71. The Morgan fingerprint density at radius 1 is 1.18 bits per heavy atom. The largest absolute Gasteiger partial charge is 0.310 e. The SMILES string of the molecule is CC1(C)CC(NC2CSC2)C1. The maximum absolute atomic E-state index is 3.69. The van der Waals surface area contributed by atoms with Crippen molar-refractivity contribution in [3.63, 3.8) is 0 Å². The first-order valence-electron chi connectivity index (χ1n) is 4.49. The molecule has 1 heterocycles. The fourth-order valence-corrected chi connectivity index (χ4v) is 2.72. The summed E-state index contributed by atoms with van der Waals surface area (Å²) in [7, 11) is 0. The Hall–Kier alpha value is 0.310. The summed E-state index contributed by atoms with van der Waals surface area (Å²) in [5, 5.41) is 3.69. The summed E-state index contributed by atoms with van der Waals surface area (Å²) in [6.45, 7) is 4.72. The van der Waals surface area contributed by atoms with Gasteiger partial charge < -0.3 is 5.32 Å². The molecule has 0 aromatic carbocycles. The second-order valence-corrected chi connectivity index (χ2v) is 5.75. The van der Waals surface area contributed by atoms with Crippen LogP contribution in [0.25, 0.3) is 0 Å². The van der Waals surface area contributed by atoms with Gasteiger partial charge >= 0.3 is 0 Å². The number of hydrogen-bond donors (Lipinski definition) is 1. The van der Waals surface area contributed by atoms with Crippen LogP contribution in [0.5, 0.6) is 0 Å². The lowest BCUT2D eigenvalue weighted by atomic mass is 9.68. The van der Waals surface area contributed by atoms with E-state index in [-0.39, 0.29) is 0 Å². The minimum atomic E-state index is 0.633. The number of hydrogen-bond acceptors (Lipinski definition) is 2. The molecule has 0 aromatic heterocycles. The van der Waals surface area contributed by atoms with Crippen molar-refractivity contribution in [3.8, 4) is 0 Å². The molecule has 0 spiro atoms. The average molecular weight is 171 g/mol. The highest BCUT2D eigenvalue weighted by Gasteiger charge is 2.37. The Labute approximate surface area is 73.3 Å². The molecule has 64 valence electrons. The van der Waals surface area contributed by atoms with Crippen molar-refractivity contribution in [2.75, 3.05) is 11.5 Å². The highest BCUT2D eigenvalue weighted by molar-refractivity contribution is 8.00. The quantitative estimate of drug-likeness (QED) is 0.681. The molecule has 0 atom stereocenters. The van der Waals surface area contributed by atoms with Gasteiger partial charge in [-0.3, -0.25) is 0 Å².